The highest BCUT2D eigenvalue weighted by atomic mass is 16.6. The summed E-state index contributed by atoms with van der Waals surface area (Å²) in [6.45, 7) is 0. The van der Waals surface area contributed by atoms with Gasteiger partial charge in [-0.1, -0.05) is 12.1 Å². The minimum Gasteiger partial charge on any atom is -0.497 e. The quantitative estimate of drug-likeness (QED) is 0.691. The van der Waals surface area contributed by atoms with Gasteiger partial charge in [0, 0.05) is 23.4 Å². The van der Waals surface area contributed by atoms with Crippen LogP contribution in [0.3, 0.4) is 0 Å². The first-order valence-corrected chi connectivity index (χ1v) is 7.13. The Balaban J connectivity index is 1.94. The number of benzene rings is 2. The smallest absolute Gasteiger partial charge is 0.277 e. The average Bonchev–Trinajstić information content (AvgIpc) is 2.61. The molecule has 0 bridgehead atoms. The van der Waals surface area contributed by atoms with Crippen LogP contribution in [0.5, 0.6) is 5.75 Å². The van der Waals surface area contributed by atoms with Crippen LogP contribution >= 0.6 is 0 Å². The highest BCUT2D eigenvalue weighted by Crippen LogP contribution is 2.34. The van der Waals surface area contributed by atoms with Gasteiger partial charge in [-0.2, -0.15) is 0 Å². The molecule has 7 nitrogen and oxygen atoms in total. The number of amides is 1. The molecule has 0 saturated carbocycles. The lowest BCUT2D eigenvalue weighted by atomic mass is 10.00. The second-order valence-corrected chi connectivity index (χ2v) is 5.17. The molecular formula is C17H14N2O5. The molecule has 0 radical (unpaired) electrons. The van der Waals surface area contributed by atoms with Gasteiger partial charge < -0.3 is 9.84 Å². The molecule has 2 aromatic carbocycles. The number of carbonyl (C=O) groups is 1. The Kier molecular flexibility index (Phi) is 4.01. The third-order valence-electron chi connectivity index (χ3n) is 3.83. The fraction of sp³-hybridized carbons (Fsp3) is 0.118. The number of nitrogens with zero attached hydrogens (tertiary/aromatic N) is 2. The molecule has 3 rings (SSSR count). The lowest BCUT2D eigenvalue weighted by Crippen LogP contribution is -2.32. The molecule has 0 aromatic heterocycles. The number of carbonyl (C=O) groups excluding carboxylic acids is 1. The van der Waals surface area contributed by atoms with Gasteiger partial charge in [-0.05, 0) is 30.3 Å². The van der Waals surface area contributed by atoms with Gasteiger partial charge >= 0.3 is 0 Å². The van der Waals surface area contributed by atoms with Crippen LogP contribution in [0.15, 0.2) is 48.7 Å². The summed E-state index contributed by atoms with van der Waals surface area (Å²) in [5.41, 5.74) is 0.870. The highest BCUT2D eigenvalue weighted by Gasteiger charge is 2.30. The Labute approximate surface area is 137 Å². The molecule has 0 saturated heterocycles. The van der Waals surface area contributed by atoms with E-state index in [0.717, 1.165) is 4.90 Å². The van der Waals surface area contributed by atoms with E-state index in [2.05, 4.69) is 0 Å². The third kappa shape index (κ3) is 2.61. The minimum atomic E-state index is -1.29. The van der Waals surface area contributed by atoms with Crippen molar-refractivity contribution in [3.8, 4) is 5.75 Å². The summed E-state index contributed by atoms with van der Waals surface area (Å²) >= 11 is 0. The Morgan fingerprint density at radius 1 is 1.25 bits per heavy atom. The van der Waals surface area contributed by atoms with E-state index >= 15 is 0 Å². The zero-order valence-corrected chi connectivity index (χ0v) is 12.7. The van der Waals surface area contributed by atoms with Crippen molar-refractivity contribution in [1.29, 1.82) is 0 Å². The van der Waals surface area contributed by atoms with Crippen LogP contribution in [0.4, 0.5) is 5.69 Å². The van der Waals surface area contributed by atoms with Gasteiger partial charge in [0.2, 0.25) is 0 Å². The average molecular weight is 326 g/mol. The van der Waals surface area contributed by atoms with Gasteiger partial charge in [0.05, 0.1) is 17.6 Å². The standard InChI is InChI=1S/C17H14N2O5/c1-24-12-7-5-11(6-8-12)16(20)18-10-9-13-14(17(18)21)3-2-4-15(13)19(22)23/h2-10,17,21H,1H3/t17-/m1/s1. The van der Waals surface area contributed by atoms with E-state index in [1.54, 1.807) is 30.3 Å². The van der Waals surface area contributed by atoms with Gasteiger partial charge in [-0.3, -0.25) is 19.8 Å². The van der Waals surface area contributed by atoms with Crippen LogP contribution in [0.2, 0.25) is 0 Å². The van der Waals surface area contributed by atoms with Crippen molar-refractivity contribution < 1.29 is 19.6 Å². The Morgan fingerprint density at radius 2 is 1.96 bits per heavy atom. The maximum Gasteiger partial charge on any atom is 0.277 e. The zero-order valence-electron chi connectivity index (χ0n) is 12.7. The van der Waals surface area contributed by atoms with Crippen molar-refractivity contribution in [1.82, 2.24) is 4.90 Å². The van der Waals surface area contributed by atoms with Crippen LogP contribution in [-0.2, 0) is 0 Å². The molecule has 0 spiro atoms. The second-order valence-electron chi connectivity index (χ2n) is 5.17. The number of hydrogen-bond acceptors (Lipinski definition) is 5. The summed E-state index contributed by atoms with van der Waals surface area (Å²) in [5.74, 6) is 0.195. The summed E-state index contributed by atoms with van der Waals surface area (Å²) in [4.78, 5) is 24.3. The lowest BCUT2D eigenvalue weighted by molar-refractivity contribution is -0.385. The molecule has 7 heteroatoms. The van der Waals surface area contributed by atoms with E-state index in [0.29, 0.717) is 22.4 Å². The minimum absolute atomic E-state index is 0.112. The van der Waals surface area contributed by atoms with Crippen molar-refractivity contribution in [2.24, 2.45) is 0 Å². The highest BCUT2D eigenvalue weighted by molar-refractivity contribution is 5.96. The number of nitro groups is 1. The molecule has 1 atom stereocenters. The van der Waals surface area contributed by atoms with Gasteiger partial charge in [0.15, 0.2) is 6.23 Å². The monoisotopic (exact) mass is 326 g/mol. The third-order valence-corrected chi connectivity index (χ3v) is 3.83. The molecule has 0 aliphatic carbocycles. The Bertz CT molecular complexity index is 829. The molecule has 24 heavy (non-hydrogen) atoms. The molecule has 1 heterocycles. The maximum absolute atomic E-state index is 12.6. The maximum atomic E-state index is 12.6. The van der Waals surface area contributed by atoms with Crippen molar-refractivity contribution >= 4 is 17.7 Å². The number of ether oxygens (including phenoxy) is 1. The zero-order chi connectivity index (χ0) is 17.3. The predicted molar refractivity (Wildman–Crippen MR) is 86.3 cm³/mol. The van der Waals surface area contributed by atoms with E-state index < -0.39 is 17.1 Å². The number of hydrogen-bond donors (Lipinski definition) is 1. The summed E-state index contributed by atoms with van der Waals surface area (Å²) in [7, 11) is 1.53. The molecule has 1 N–H and O–H groups in total. The van der Waals surface area contributed by atoms with E-state index in [9.17, 15) is 20.0 Å². The van der Waals surface area contributed by atoms with E-state index in [-0.39, 0.29) is 5.69 Å². The van der Waals surface area contributed by atoms with Gasteiger partial charge in [-0.15, -0.1) is 0 Å². The number of aliphatic hydroxyl groups is 1. The van der Waals surface area contributed by atoms with E-state index in [4.69, 9.17) is 4.74 Å². The van der Waals surface area contributed by atoms with Gasteiger partial charge in [-0.25, -0.2) is 0 Å². The predicted octanol–water partition coefficient (Wildman–Crippen LogP) is 2.72. The van der Waals surface area contributed by atoms with Crippen LogP contribution in [0.25, 0.3) is 6.08 Å². The van der Waals surface area contributed by atoms with E-state index in [1.165, 1.54) is 31.5 Å². The Morgan fingerprint density at radius 3 is 2.58 bits per heavy atom. The fourth-order valence-corrected chi connectivity index (χ4v) is 2.58. The molecule has 0 unspecified atom stereocenters. The number of fused-ring (bicyclic) bond motifs is 1. The lowest BCUT2D eigenvalue weighted by Gasteiger charge is -2.29. The van der Waals surface area contributed by atoms with Crippen molar-refractivity contribution in [3.63, 3.8) is 0 Å². The first kappa shape index (κ1) is 15.7. The SMILES string of the molecule is COc1ccc(C(=O)N2C=Cc3c(cccc3[N+](=O)[O-])[C@H]2O)cc1. The first-order chi connectivity index (χ1) is 11.5. The number of nitro benzene ring substituents is 1. The van der Waals surface area contributed by atoms with Crippen LogP contribution in [0, 0.1) is 10.1 Å². The number of rotatable bonds is 3. The van der Waals surface area contributed by atoms with E-state index in [1.807, 2.05) is 0 Å². The summed E-state index contributed by atoms with van der Waals surface area (Å²) < 4.78 is 5.05. The normalized spacial score (nSPS) is 15.8. The summed E-state index contributed by atoms with van der Waals surface area (Å²) in [6.07, 6.45) is 1.52. The van der Waals surface area contributed by atoms with Crippen molar-refractivity contribution in [2.75, 3.05) is 7.11 Å². The summed E-state index contributed by atoms with van der Waals surface area (Å²) in [5, 5.41) is 21.5. The molecule has 1 amide bonds. The molecule has 2 aromatic rings. The van der Waals surface area contributed by atoms with Gasteiger partial charge in [0.25, 0.3) is 11.6 Å². The van der Waals surface area contributed by atoms with Crippen molar-refractivity contribution in [3.05, 3.63) is 75.5 Å². The fourth-order valence-electron chi connectivity index (χ4n) is 2.58. The van der Waals surface area contributed by atoms with Crippen LogP contribution in [-0.4, -0.2) is 27.9 Å². The largest absolute Gasteiger partial charge is 0.497 e. The van der Waals surface area contributed by atoms with Crippen LogP contribution in [0.1, 0.15) is 27.7 Å². The number of aliphatic hydroxyl groups excluding tert-OH is 1. The molecular weight excluding hydrogens is 312 g/mol. The summed E-state index contributed by atoms with van der Waals surface area (Å²) in [6, 6.07) is 10.9. The molecule has 0 fully saturated rings. The molecule has 122 valence electrons. The molecule has 1 aliphatic rings. The number of methoxy groups -OCH3 is 1. The van der Waals surface area contributed by atoms with Gasteiger partial charge in [0.1, 0.15) is 5.75 Å². The first-order valence-electron chi connectivity index (χ1n) is 7.13. The van der Waals surface area contributed by atoms with Crippen molar-refractivity contribution in [2.45, 2.75) is 6.23 Å². The Hall–Kier alpha value is -3.19. The molecule has 1 aliphatic heterocycles. The van der Waals surface area contributed by atoms with Crippen LogP contribution < -0.4 is 4.74 Å². The topological polar surface area (TPSA) is 92.9 Å². The second kappa shape index (κ2) is 6.13.